The number of ether oxygens (including phenoxy) is 1. The second-order valence-corrected chi connectivity index (χ2v) is 7.49. The van der Waals surface area contributed by atoms with Crippen molar-refractivity contribution in [2.75, 3.05) is 13.2 Å². The molecule has 0 saturated carbocycles. The first-order valence-corrected chi connectivity index (χ1v) is 8.73. The molecule has 0 spiro atoms. The maximum Gasteiger partial charge on any atom is 0.127 e. The lowest BCUT2D eigenvalue weighted by Crippen LogP contribution is -2.26. The fraction of sp³-hybridized carbons (Fsp3) is 0.556. The molecule has 3 rings (SSSR count). The Morgan fingerprint density at radius 2 is 2.24 bits per heavy atom. The van der Waals surface area contributed by atoms with Crippen molar-refractivity contribution in [3.63, 3.8) is 0 Å². The van der Waals surface area contributed by atoms with Crippen LogP contribution in [0.3, 0.4) is 0 Å². The number of fused-ring (bicyclic) bond motifs is 1. The molecule has 1 aromatic rings. The van der Waals surface area contributed by atoms with Gasteiger partial charge in [-0.3, -0.25) is 0 Å². The Labute approximate surface area is 136 Å². The van der Waals surface area contributed by atoms with E-state index in [9.17, 15) is 0 Å². The van der Waals surface area contributed by atoms with Crippen LogP contribution in [-0.4, -0.2) is 13.2 Å². The van der Waals surface area contributed by atoms with Crippen LogP contribution in [-0.2, 0) is 13.0 Å². The summed E-state index contributed by atoms with van der Waals surface area (Å²) in [5.41, 5.74) is 4.17. The smallest absolute Gasteiger partial charge is 0.127 e. The summed E-state index contributed by atoms with van der Waals surface area (Å²) in [4.78, 5) is 0. The minimum absolute atomic E-state index is 0.726. The summed E-state index contributed by atoms with van der Waals surface area (Å²) in [6.45, 7) is 7.40. The Bertz CT molecular complexity index is 552. The molecule has 0 bridgehead atoms. The zero-order valence-electron chi connectivity index (χ0n) is 12.9. The minimum atomic E-state index is 0.726. The summed E-state index contributed by atoms with van der Waals surface area (Å²) in [5.74, 6) is 2.61. The van der Waals surface area contributed by atoms with Gasteiger partial charge >= 0.3 is 0 Å². The van der Waals surface area contributed by atoms with Crippen molar-refractivity contribution in [2.45, 2.75) is 39.7 Å². The largest absolute Gasteiger partial charge is 0.493 e. The highest BCUT2D eigenvalue weighted by molar-refractivity contribution is 9.10. The molecule has 0 amide bonds. The molecular formula is C18H24BrNO. The molecule has 1 aliphatic heterocycles. The van der Waals surface area contributed by atoms with E-state index in [1.807, 2.05) is 0 Å². The van der Waals surface area contributed by atoms with E-state index in [2.05, 4.69) is 53.3 Å². The summed E-state index contributed by atoms with van der Waals surface area (Å²) >= 11 is 3.61. The van der Waals surface area contributed by atoms with Crippen LogP contribution >= 0.6 is 15.9 Å². The van der Waals surface area contributed by atoms with Crippen molar-refractivity contribution in [1.29, 1.82) is 0 Å². The third kappa shape index (κ3) is 3.70. The zero-order chi connectivity index (χ0) is 14.8. The number of halogens is 1. The van der Waals surface area contributed by atoms with E-state index in [4.69, 9.17) is 4.74 Å². The molecule has 0 radical (unpaired) electrons. The first kappa shape index (κ1) is 15.1. The van der Waals surface area contributed by atoms with Gasteiger partial charge in [-0.05, 0) is 55.8 Å². The molecule has 2 unspecified atom stereocenters. The van der Waals surface area contributed by atoms with Gasteiger partial charge in [-0.25, -0.2) is 0 Å². The molecule has 0 saturated heterocycles. The molecule has 0 fully saturated rings. The van der Waals surface area contributed by atoms with Crippen LogP contribution in [0, 0.1) is 11.8 Å². The Balaban J connectivity index is 1.58. The molecule has 1 aliphatic carbocycles. The van der Waals surface area contributed by atoms with Crippen molar-refractivity contribution in [1.82, 2.24) is 5.32 Å². The normalized spacial score (nSPS) is 24.4. The van der Waals surface area contributed by atoms with Crippen LogP contribution in [0.4, 0.5) is 0 Å². The first-order valence-electron chi connectivity index (χ1n) is 7.94. The Kier molecular flexibility index (Phi) is 4.70. The van der Waals surface area contributed by atoms with E-state index in [-0.39, 0.29) is 0 Å². The average molecular weight is 350 g/mol. The van der Waals surface area contributed by atoms with Gasteiger partial charge in [0.05, 0.1) is 6.61 Å². The third-order valence-electron chi connectivity index (χ3n) is 4.46. The van der Waals surface area contributed by atoms with Gasteiger partial charge < -0.3 is 10.1 Å². The Morgan fingerprint density at radius 1 is 1.38 bits per heavy atom. The quantitative estimate of drug-likeness (QED) is 0.810. The van der Waals surface area contributed by atoms with E-state index in [1.54, 1.807) is 5.57 Å². The molecule has 1 aromatic carbocycles. The SMILES string of the molecule is CC1=CC(C)CC(CNCc2cc(Br)cc3c2OCC3)C1. The van der Waals surface area contributed by atoms with E-state index >= 15 is 0 Å². The summed E-state index contributed by atoms with van der Waals surface area (Å²) in [6, 6.07) is 4.37. The Hall–Kier alpha value is -0.800. The van der Waals surface area contributed by atoms with Crippen molar-refractivity contribution in [2.24, 2.45) is 11.8 Å². The monoisotopic (exact) mass is 349 g/mol. The lowest BCUT2D eigenvalue weighted by atomic mass is 9.84. The van der Waals surface area contributed by atoms with Crippen molar-refractivity contribution in [3.05, 3.63) is 39.4 Å². The molecule has 2 nitrogen and oxygen atoms in total. The van der Waals surface area contributed by atoms with Crippen LogP contribution in [0.2, 0.25) is 0 Å². The van der Waals surface area contributed by atoms with E-state index in [0.29, 0.717) is 0 Å². The topological polar surface area (TPSA) is 21.3 Å². The van der Waals surface area contributed by atoms with Crippen LogP contribution in [0.1, 0.15) is 37.8 Å². The highest BCUT2D eigenvalue weighted by Crippen LogP contribution is 2.33. The predicted octanol–water partition coefficient (Wildman–Crippen LogP) is 4.47. The van der Waals surface area contributed by atoms with Gasteiger partial charge in [0.1, 0.15) is 5.75 Å². The van der Waals surface area contributed by atoms with Gasteiger partial charge in [0.2, 0.25) is 0 Å². The van der Waals surface area contributed by atoms with Crippen molar-refractivity contribution < 1.29 is 4.74 Å². The van der Waals surface area contributed by atoms with Gasteiger partial charge in [-0.15, -0.1) is 0 Å². The molecule has 3 heteroatoms. The number of hydrogen-bond acceptors (Lipinski definition) is 2. The van der Waals surface area contributed by atoms with Gasteiger partial charge in [-0.2, -0.15) is 0 Å². The number of rotatable bonds is 4. The Morgan fingerprint density at radius 3 is 3.05 bits per heavy atom. The highest BCUT2D eigenvalue weighted by atomic mass is 79.9. The van der Waals surface area contributed by atoms with E-state index in [1.165, 1.54) is 24.0 Å². The van der Waals surface area contributed by atoms with E-state index < -0.39 is 0 Å². The minimum Gasteiger partial charge on any atom is -0.493 e. The summed E-state index contributed by atoms with van der Waals surface area (Å²) in [7, 11) is 0. The first-order chi connectivity index (χ1) is 10.1. The number of hydrogen-bond donors (Lipinski definition) is 1. The lowest BCUT2D eigenvalue weighted by molar-refractivity contribution is 0.349. The standard InChI is InChI=1S/C18H24BrNO/c1-12-5-13(2)7-14(6-12)10-20-11-16-9-17(19)8-15-3-4-21-18(15)16/h5,8-9,12,14,20H,3-4,6-7,10-11H2,1-2H3. The van der Waals surface area contributed by atoms with Crippen LogP contribution < -0.4 is 10.1 Å². The molecule has 1 N–H and O–H groups in total. The summed E-state index contributed by atoms with van der Waals surface area (Å²) in [5, 5.41) is 3.64. The van der Waals surface area contributed by atoms with Gasteiger partial charge in [0.15, 0.2) is 0 Å². The van der Waals surface area contributed by atoms with Gasteiger partial charge in [0.25, 0.3) is 0 Å². The molecule has 1 heterocycles. The van der Waals surface area contributed by atoms with Crippen LogP contribution in [0.25, 0.3) is 0 Å². The third-order valence-corrected chi connectivity index (χ3v) is 4.92. The number of nitrogens with one attached hydrogen (secondary N) is 1. The maximum absolute atomic E-state index is 5.79. The molecule has 114 valence electrons. The fourth-order valence-electron chi connectivity index (χ4n) is 3.73. The predicted molar refractivity (Wildman–Crippen MR) is 90.7 cm³/mol. The van der Waals surface area contributed by atoms with Gasteiger partial charge in [0, 0.05) is 23.0 Å². The molecule has 2 atom stereocenters. The van der Waals surface area contributed by atoms with Gasteiger partial charge in [-0.1, -0.05) is 34.5 Å². The summed E-state index contributed by atoms with van der Waals surface area (Å²) in [6.07, 6.45) is 6.00. The second-order valence-electron chi connectivity index (χ2n) is 6.58. The lowest BCUT2D eigenvalue weighted by Gasteiger charge is -2.25. The van der Waals surface area contributed by atoms with E-state index in [0.717, 1.165) is 48.2 Å². The second kappa shape index (κ2) is 6.53. The molecular weight excluding hydrogens is 326 g/mol. The van der Waals surface area contributed by atoms with Crippen molar-refractivity contribution in [3.8, 4) is 5.75 Å². The van der Waals surface area contributed by atoms with Crippen molar-refractivity contribution >= 4 is 15.9 Å². The van der Waals surface area contributed by atoms with Crippen LogP contribution in [0.5, 0.6) is 5.75 Å². The number of allylic oxidation sites excluding steroid dienone is 2. The average Bonchev–Trinajstić information content (AvgIpc) is 2.85. The molecule has 0 aromatic heterocycles. The maximum atomic E-state index is 5.79. The number of benzene rings is 1. The summed E-state index contributed by atoms with van der Waals surface area (Å²) < 4.78 is 6.95. The van der Waals surface area contributed by atoms with Crippen LogP contribution in [0.15, 0.2) is 28.3 Å². The zero-order valence-corrected chi connectivity index (χ0v) is 14.5. The fourth-order valence-corrected chi connectivity index (χ4v) is 4.28. The molecule has 21 heavy (non-hydrogen) atoms. The highest BCUT2D eigenvalue weighted by Gasteiger charge is 2.19. The molecule has 2 aliphatic rings.